The second-order valence-corrected chi connectivity index (χ2v) is 5.22. The smallest absolute Gasteiger partial charge is 0.169 e. The van der Waals surface area contributed by atoms with Gasteiger partial charge in [-0.1, -0.05) is 0 Å². The van der Waals surface area contributed by atoms with Gasteiger partial charge in [0.15, 0.2) is 6.29 Å². The van der Waals surface area contributed by atoms with Crippen LogP contribution >= 0.6 is 11.3 Å². The summed E-state index contributed by atoms with van der Waals surface area (Å²) in [5.41, 5.74) is 2.75. The van der Waals surface area contributed by atoms with Crippen LogP contribution in [0.15, 0.2) is 24.3 Å². The van der Waals surface area contributed by atoms with Crippen molar-refractivity contribution in [2.45, 2.75) is 6.92 Å². The molecule has 1 aromatic carbocycles. The Hall–Kier alpha value is -1.68. The van der Waals surface area contributed by atoms with Crippen LogP contribution in [0.5, 0.6) is 0 Å². The normalized spacial score (nSPS) is 10.3. The molecule has 1 aromatic heterocycles. The van der Waals surface area contributed by atoms with Crippen LogP contribution in [-0.2, 0) is 0 Å². The molecule has 0 atom stereocenters. The van der Waals surface area contributed by atoms with E-state index in [1.165, 1.54) is 0 Å². The van der Waals surface area contributed by atoms with Gasteiger partial charge >= 0.3 is 0 Å². The van der Waals surface area contributed by atoms with E-state index < -0.39 is 0 Å². The van der Waals surface area contributed by atoms with Crippen LogP contribution in [0.3, 0.4) is 0 Å². The maximum Gasteiger partial charge on any atom is 0.169 e. The van der Waals surface area contributed by atoms with E-state index >= 15 is 0 Å². The first-order valence-electron chi connectivity index (χ1n) is 5.32. The number of hydrogen-bond donors (Lipinski definition) is 0. The predicted octanol–water partition coefficient (Wildman–Crippen LogP) is 3.00. The lowest BCUT2D eigenvalue weighted by molar-refractivity contribution is 0.111. The van der Waals surface area contributed by atoms with Crippen LogP contribution in [0.1, 0.15) is 15.4 Å². The maximum atomic E-state index is 10.8. The Morgan fingerprint density at radius 3 is 2.35 bits per heavy atom. The van der Waals surface area contributed by atoms with Crippen molar-refractivity contribution in [1.29, 1.82) is 0 Å². The molecule has 0 aliphatic rings. The highest BCUT2D eigenvalue weighted by atomic mass is 32.1. The molecule has 0 radical (unpaired) electrons. The summed E-state index contributed by atoms with van der Waals surface area (Å²) < 4.78 is 0. The number of aromatic nitrogens is 1. The van der Waals surface area contributed by atoms with Gasteiger partial charge in [-0.15, -0.1) is 11.3 Å². The predicted molar refractivity (Wildman–Crippen MR) is 72.0 cm³/mol. The van der Waals surface area contributed by atoms with Crippen LogP contribution in [0.4, 0.5) is 5.69 Å². The first-order valence-corrected chi connectivity index (χ1v) is 6.14. The van der Waals surface area contributed by atoms with E-state index in [9.17, 15) is 4.79 Å². The molecular weight excluding hydrogens is 232 g/mol. The van der Waals surface area contributed by atoms with Crippen molar-refractivity contribution in [3.63, 3.8) is 0 Å². The fourth-order valence-corrected chi connectivity index (χ4v) is 2.43. The van der Waals surface area contributed by atoms with E-state index in [0.29, 0.717) is 5.69 Å². The lowest BCUT2D eigenvalue weighted by Gasteiger charge is -2.11. The molecule has 0 N–H and O–H groups in total. The number of carbonyl (C=O) groups is 1. The molecule has 0 bridgehead atoms. The van der Waals surface area contributed by atoms with Gasteiger partial charge in [-0.2, -0.15) is 0 Å². The van der Waals surface area contributed by atoms with Crippen LogP contribution in [-0.4, -0.2) is 25.4 Å². The Balaban J connectivity index is 2.36. The maximum absolute atomic E-state index is 10.8. The lowest BCUT2D eigenvalue weighted by atomic mass is 10.2. The van der Waals surface area contributed by atoms with Crippen LogP contribution in [0.2, 0.25) is 0 Å². The molecule has 1 heterocycles. The summed E-state index contributed by atoms with van der Waals surface area (Å²) in [6.07, 6.45) is 0.809. The number of aryl methyl sites for hydroxylation is 1. The second-order valence-electron chi connectivity index (χ2n) is 4.02. The largest absolute Gasteiger partial charge is 0.378 e. The number of rotatable bonds is 3. The van der Waals surface area contributed by atoms with Crippen LogP contribution < -0.4 is 4.90 Å². The highest BCUT2D eigenvalue weighted by Gasteiger charge is 2.08. The van der Waals surface area contributed by atoms with E-state index in [4.69, 9.17) is 0 Å². The summed E-state index contributed by atoms with van der Waals surface area (Å²) in [7, 11) is 4.01. The topological polar surface area (TPSA) is 33.2 Å². The Bertz CT molecular complexity index is 529. The fraction of sp³-hybridized carbons (Fsp3) is 0.231. The zero-order chi connectivity index (χ0) is 12.4. The molecule has 0 saturated carbocycles. The molecule has 4 heteroatoms. The lowest BCUT2D eigenvalue weighted by Crippen LogP contribution is -2.07. The minimum absolute atomic E-state index is 0.543. The Labute approximate surface area is 105 Å². The summed E-state index contributed by atoms with van der Waals surface area (Å²) in [5.74, 6) is 0. The second kappa shape index (κ2) is 4.67. The standard InChI is InChI=1S/C13H14N2OS/c1-9-12(8-16)14-13(17-9)10-4-6-11(7-5-10)15(2)3/h4-8H,1-3H3. The monoisotopic (exact) mass is 246 g/mol. The molecule has 0 saturated heterocycles. The fourth-order valence-electron chi connectivity index (χ4n) is 1.54. The molecule has 0 unspecified atom stereocenters. The average Bonchev–Trinajstić information content (AvgIpc) is 2.70. The summed E-state index contributed by atoms with van der Waals surface area (Å²) >= 11 is 1.55. The van der Waals surface area contributed by atoms with E-state index in [2.05, 4.69) is 4.98 Å². The zero-order valence-corrected chi connectivity index (χ0v) is 10.9. The first kappa shape index (κ1) is 11.8. The minimum atomic E-state index is 0.543. The van der Waals surface area contributed by atoms with Crippen molar-refractivity contribution in [1.82, 2.24) is 4.98 Å². The van der Waals surface area contributed by atoms with Crippen molar-refractivity contribution < 1.29 is 4.79 Å². The van der Waals surface area contributed by atoms with Crippen molar-refractivity contribution in [3.8, 4) is 10.6 Å². The van der Waals surface area contributed by atoms with Gasteiger partial charge in [0.05, 0.1) is 0 Å². The summed E-state index contributed by atoms with van der Waals surface area (Å²) in [6.45, 7) is 1.92. The number of benzene rings is 1. The molecule has 0 spiro atoms. The number of hydrogen-bond acceptors (Lipinski definition) is 4. The van der Waals surface area contributed by atoms with Gasteiger partial charge in [-0.3, -0.25) is 4.79 Å². The summed E-state index contributed by atoms with van der Waals surface area (Å²) in [6, 6.07) is 8.16. The quantitative estimate of drug-likeness (QED) is 0.781. The zero-order valence-electron chi connectivity index (χ0n) is 10.1. The third-order valence-electron chi connectivity index (χ3n) is 2.57. The van der Waals surface area contributed by atoms with Crippen molar-refractivity contribution in [2.24, 2.45) is 0 Å². The van der Waals surface area contributed by atoms with Crippen molar-refractivity contribution >= 4 is 23.3 Å². The van der Waals surface area contributed by atoms with E-state index in [1.54, 1.807) is 11.3 Å². The molecule has 0 amide bonds. The van der Waals surface area contributed by atoms with Gasteiger partial charge in [0, 0.05) is 30.2 Å². The van der Waals surface area contributed by atoms with Gasteiger partial charge in [0.2, 0.25) is 0 Å². The third kappa shape index (κ3) is 2.36. The van der Waals surface area contributed by atoms with Gasteiger partial charge < -0.3 is 4.90 Å². The van der Waals surface area contributed by atoms with E-state index in [1.807, 2.05) is 50.2 Å². The van der Waals surface area contributed by atoms with Gasteiger partial charge in [0.1, 0.15) is 10.7 Å². The van der Waals surface area contributed by atoms with Crippen LogP contribution in [0.25, 0.3) is 10.6 Å². The van der Waals surface area contributed by atoms with Crippen molar-refractivity contribution in [3.05, 3.63) is 34.8 Å². The van der Waals surface area contributed by atoms with Gasteiger partial charge in [-0.05, 0) is 31.2 Å². The molecule has 2 aromatic rings. The molecule has 0 aliphatic carbocycles. The summed E-state index contributed by atoms with van der Waals surface area (Å²) in [4.78, 5) is 18.1. The van der Waals surface area contributed by atoms with E-state index in [0.717, 1.165) is 27.4 Å². The molecule has 17 heavy (non-hydrogen) atoms. The number of aldehydes is 1. The minimum Gasteiger partial charge on any atom is -0.378 e. The number of thiazole rings is 1. The third-order valence-corrected chi connectivity index (χ3v) is 3.61. The summed E-state index contributed by atoms with van der Waals surface area (Å²) in [5, 5.41) is 0.898. The van der Waals surface area contributed by atoms with E-state index in [-0.39, 0.29) is 0 Å². The first-order chi connectivity index (χ1) is 8.11. The molecule has 2 rings (SSSR count). The Kier molecular flexibility index (Phi) is 3.24. The molecule has 0 fully saturated rings. The Morgan fingerprint density at radius 1 is 1.24 bits per heavy atom. The molecule has 3 nitrogen and oxygen atoms in total. The number of nitrogens with zero attached hydrogens (tertiary/aromatic N) is 2. The molecule has 88 valence electrons. The van der Waals surface area contributed by atoms with Gasteiger partial charge in [-0.25, -0.2) is 4.98 Å². The van der Waals surface area contributed by atoms with Crippen LogP contribution in [0, 0.1) is 6.92 Å². The van der Waals surface area contributed by atoms with Crippen molar-refractivity contribution in [2.75, 3.05) is 19.0 Å². The van der Waals surface area contributed by atoms with Gasteiger partial charge in [0.25, 0.3) is 0 Å². The molecular formula is C13H14N2OS. The number of anilines is 1. The molecule has 0 aliphatic heterocycles. The number of carbonyl (C=O) groups excluding carboxylic acids is 1. The SMILES string of the molecule is Cc1sc(-c2ccc(N(C)C)cc2)nc1C=O. The average molecular weight is 246 g/mol. The highest BCUT2D eigenvalue weighted by molar-refractivity contribution is 7.15. The Morgan fingerprint density at radius 2 is 1.88 bits per heavy atom. The highest BCUT2D eigenvalue weighted by Crippen LogP contribution is 2.28.